The van der Waals surface area contributed by atoms with Crippen LogP contribution in [0.4, 0.5) is 0 Å². The number of nitro groups is 1. The molecule has 1 saturated heterocycles. The van der Waals surface area contributed by atoms with Gasteiger partial charge in [0.25, 0.3) is 5.70 Å². The number of ether oxygens (including phenoxy) is 2. The normalized spacial score (nSPS) is 21.6. The number of nitrogens with zero attached hydrogens (tertiary/aromatic N) is 2. The molecule has 0 atom stereocenters. The van der Waals surface area contributed by atoms with E-state index in [1.54, 1.807) is 19.3 Å². The number of nitrogens with two attached hydrogens (primary N) is 1. The molecule has 0 aromatic carbocycles. The van der Waals surface area contributed by atoms with Crippen LogP contribution in [0.5, 0.6) is 0 Å². The van der Waals surface area contributed by atoms with Gasteiger partial charge in [-0.05, 0) is 31.4 Å². The zero-order valence-corrected chi connectivity index (χ0v) is 12.9. The molecule has 0 unspecified atom stereocenters. The van der Waals surface area contributed by atoms with Crippen LogP contribution in [-0.2, 0) is 9.47 Å². The van der Waals surface area contributed by atoms with Gasteiger partial charge in [0, 0.05) is 32.5 Å². The van der Waals surface area contributed by atoms with Gasteiger partial charge < -0.3 is 20.1 Å². The summed E-state index contributed by atoms with van der Waals surface area (Å²) in [6.07, 6.45) is 8.93. The van der Waals surface area contributed by atoms with Crippen molar-refractivity contribution in [2.75, 3.05) is 33.5 Å². The van der Waals surface area contributed by atoms with E-state index >= 15 is 0 Å². The summed E-state index contributed by atoms with van der Waals surface area (Å²) in [4.78, 5) is 12.9. The molecule has 2 N–H and O–H groups in total. The first-order valence-corrected chi connectivity index (χ1v) is 7.42. The van der Waals surface area contributed by atoms with E-state index in [2.05, 4.69) is 4.90 Å². The minimum absolute atomic E-state index is 0.0440. The van der Waals surface area contributed by atoms with E-state index in [-0.39, 0.29) is 11.2 Å². The minimum atomic E-state index is -0.396. The SMILES string of the molecule is COCC/C=C(/C=C\C(=C/N)N1CCOCC12CC2)[N+](=O)[O-]. The van der Waals surface area contributed by atoms with Crippen LogP contribution in [0.1, 0.15) is 19.3 Å². The molecular formula is C15H23N3O4. The monoisotopic (exact) mass is 309 g/mol. The molecule has 1 aliphatic carbocycles. The zero-order valence-electron chi connectivity index (χ0n) is 12.9. The Labute approximate surface area is 130 Å². The summed E-state index contributed by atoms with van der Waals surface area (Å²) in [6, 6.07) is 0. The lowest BCUT2D eigenvalue weighted by atomic mass is 10.1. The van der Waals surface area contributed by atoms with Crippen LogP contribution in [0.3, 0.4) is 0 Å². The third-order valence-electron chi connectivity index (χ3n) is 4.02. The van der Waals surface area contributed by atoms with Crippen molar-refractivity contribution in [3.05, 3.63) is 45.9 Å². The van der Waals surface area contributed by atoms with Crippen LogP contribution in [0.25, 0.3) is 0 Å². The molecule has 0 amide bonds. The number of hydrogen-bond donors (Lipinski definition) is 1. The zero-order chi connectivity index (χ0) is 16.0. The molecule has 1 heterocycles. The Kier molecular flexibility index (Phi) is 5.57. The second-order valence-corrected chi connectivity index (χ2v) is 5.52. The fraction of sp³-hybridized carbons (Fsp3) is 0.600. The summed E-state index contributed by atoms with van der Waals surface area (Å²) >= 11 is 0. The van der Waals surface area contributed by atoms with Gasteiger partial charge >= 0.3 is 0 Å². The third kappa shape index (κ3) is 3.86. The van der Waals surface area contributed by atoms with Crippen molar-refractivity contribution in [3.63, 3.8) is 0 Å². The predicted molar refractivity (Wildman–Crippen MR) is 82.5 cm³/mol. The van der Waals surface area contributed by atoms with E-state index in [1.165, 1.54) is 12.3 Å². The van der Waals surface area contributed by atoms with Gasteiger partial charge in [-0.15, -0.1) is 0 Å². The summed E-state index contributed by atoms with van der Waals surface area (Å²) in [7, 11) is 1.57. The Morgan fingerprint density at radius 3 is 2.86 bits per heavy atom. The minimum Gasteiger partial charge on any atom is -0.403 e. The van der Waals surface area contributed by atoms with Gasteiger partial charge in [0.2, 0.25) is 0 Å². The average molecular weight is 309 g/mol. The summed E-state index contributed by atoms with van der Waals surface area (Å²) in [5.74, 6) is 0. The van der Waals surface area contributed by atoms with Gasteiger partial charge in [-0.2, -0.15) is 0 Å². The number of methoxy groups -OCH3 is 1. The maximum Gasteiger partial charge on any atom is 0.265 e. The summed E-state index contributed by atoms with van der Waals surface area (Å²) < 4.78 is 10.4. The predicted octanol–water partition coefficient (Wildman–Crippen LogP) is 1.40. The Hall–Kier alpha value is -1.86. The van der Waals surface area contributed by atoms with E-state index < -0.39 is 4.92 Å². The van der Waals surface area contributed by atoms with E-state index in [9.17, 15) is 10.1 Å². The number of morpholine rings is 1. The molecule has 122 valence electrons. The van der Waals surface area contributed by atoms with Gasteiger partial charge in [-0.3, -0.25) is 10.1 Å². The Morgan fingerprint density at radius 1 is 1.50 bits per heavy atom. The van der Waals surface area contributed by atoms with E-state index in [4.69, 9.17) is 15.2 Å². The quantitative estimate of drug-likeness (QED) is 0.331. The fourth-order valence-corrected chi connectivity index (χ4v) is 2.63. The lowest BCUT2D eigenvalue weighted by Gasteiger charge is -2.38. The van der Waals surface area contributed by atoms with E-state index in [0.717, 1.165) is 25.1 Å². The van der Waals surface area contributed by atoms with Gasteiger partial charge in [0.05, 0.1) is 29.4 Å². The van der Waals surface area contributed by atoms with Crippen molar-refractivity contribution in [2.45, 2.75) is 24.8 Å². The van der Waals surface area contributed by atoms with E-state index in [0.29, 0.717) is 26.2 Å². The van der Waals surface area contributed by atoms with Crippen molar-refractivity contribution in [2.24, 2.45) is 5.73 Å². The van der Waals surface area contributed by atoms with Crippen LogP contribution in [0, 0.1) is 10.1 Å². The molecule has 2 aliphatic rings. The topological polar surface area (TPSA) is 90.9 Å². The summed E-state index contributed by atoms with van der Waals surface area (Å²) in [6.45, 7) is 2.56. The molecule has 7 nitrogen and oxygen atoms in total. The Balaban J connectivity index is 2.07. The van der Waals surface area contributed by atoms with Gasteiger partial charge in [-0.1, -0.05) is 0 Å². The van der Waals surface area contributed by atoms with E-state index in [1.807, 2.05) is 0 Å². The number of rotatable bonds is 7. The average Bonchev–Trinajstić information content (AvgIpc) is 3.27. The molecule has 0 aromatic rings. The molecule has 2 rings (SSSR count). The lowest BCUT2D eigenvalue weighted by Crippen LogP contribution is -2.46. The second kappa shape index (κ2) is 7.42. The second-order valence-electron chi connectivity index (χ2n) is 5.52. The molecule has 0 aromatic heterocycles. The summed E-state index contributed by atoms with van der Waals surface area (Å²) in [5.41, 5.74) is 6.63. The van der Waals surface area contributed by atoms with Crippen LogP contribution in [0.15, 0.2) is 35.8 Å². The van der Waals surface area contributed by atoms with Gasteiger partial charge in [-0.25, -0.2) is 0 Å². The molecule has 2 fully saturated rings. The molecular weight excluding hydrogens is 286 g/mol. The van der Waals surface area contributed by atoms with Crippen molar-refractivity contribution in [1.29, 1.82) is 0 Å². The number of hydrogen-bond acceptors (Lipinski definition) is 6. The fourth-order valence-electron chi connectivity index (χ4n) is 2.63. The van der Waals surface area contributed by atoms with Gasteiger partial charge in [0.15, 0.2) is 0 Å². The highest BCUT2D eigenvalue weighted by molar-refractivity contribution is 5.27. The molecule has 0 radical (unpaired) electrons. The standard InChI is InChI=1S/C15H23N3O4/c1-21-9-2-3-13(18(19)20)4-5-14(11-16)17-8-10-22-12-15(17)6-7-15/h3-5,11H,2,6-10,12,16H2,1H3/b5-4-,13-3-,14-11+. The third-order valence-corrected chi connectivity index (χ3v) is 4.02. The molecule has 1 spiro atoms. The first-order valence-electron chi connectivity index (χ1n) is 7.42. The van der Waals surface area contributed by atoms with Crippen molar-refractivity contribution in [3.8, 4) is 0 Å². The Bertz CT molecular complexity index is 495. The van der Waals surface area contributed by atoms with Gasteiger partial charge in [0.1, 0.15) is 0 Å². The van der Waals surface area contributed by atoms with Crippen molar-refractivity contribution >= 4 is 0 Å². The Morgan fingerprint density at radius 2 is 2.27 bits per heavy atom. The maximum absolute atomic E-state index is 11.1. The van der Waals surface area contributed by atoms with Crippen molar-refractivity contribution in [1.82, 2.24) is 4.90 Å². The largest absolute Gasteiger partial charge is 0.403 e. The first kappa shape index (κ1) is 16.5. The van der Waals surface area contributed by atoms with Crippen LogP contribution in [0.2, 0.25) is 0 Å². The molecule has 1 saturated carbocycles. The number of allylic oxidation sites excluding steroid dienone is 2. The highest BCUT2D eigenvalue weighted by Crippen LogP contribution is 2.45. The van der Waals surface area contributed by atoms with Crippen LogP contribution in [-0.4, -0.2) is 48.8 Å². The molecule has 0 bridgehead atoms. The lowest BCUT2D eigenvalue weighted by molar-refractivity contribution is -0.419. The maximum atomic E-state index is 11.1. The van der Waals surface area contributed by atoms with Crippen LogP contribution >= 0.6 is 0 Å². The molecule has 22 heavy (non-hydrogen) atoms. The first-order chi connectivity index (χ1) is 10.6. The van der Waals surface area contributed by atoms with Crippen molar-refractivity contribution < 1.29 is 14.4 Å². The summed E-state index contributed by atoms with van der Waals surface area (Å²) in [5, 5.41) is 11.1. The molecule has 7 heteroatoms. The molecule has 1 aliphatic heterocycles. The smallest absolute Gasteiger partial charge is 0.265 e. The van der Waals surface area contributed by atoms with Crippen LogP contribution < -0.4 is 5.73 Å². The highest BCUT2D eigenvalue weighted by atomic mass is 16.6. The highest BCUT2D eigenvalue weighted by Gasteiger charge is 2.50.